The number of nitrogens with one attached hydrogen (secondary N) is 2. The van der Waals surface area contributed by atoms with Crippen LogP contribution in [-0.4, -0.2) is 15.2 Å². The van der Waals surface area contributed by atoms with E-state index in [1.165, 1.54) is 0 Å². The highest BCUT2D eigenvalue weighted by Gasteiger charge is 2.10. The molecule has 16 heavy (non-hydrogen) atoms. The predicted molar refractivity (Wildman–Crippen MR) is 63.5 cm³/mol. The first-order valence-corrected chi connectivity index (χ1v) is 4.70. The number of nitrogens with zero attached hydrogens (tertiary/aromatic N) is 1. The van der Waals surface area contributed by atoms with Gasteiger partial charge < -0.3 is 5.73 Å². The Morgan fingerprint density at radius 2 is 2.00 bits per heavy atom. The fourth-order valence-electron chi connectivity index (χ4n) is 1.42. The van der Waals surface area contributed by atoms with Crippen LogP contribution >= 0.6 is 12.4 Å². The molecular weight excluding hydrogens is 228 g/mol. The lowest BCUT2D eigenvalue weighted by Gasteiger charge is -2.07. The van der Waals surface area contributed by atoms with Gasteiger partial charge in [-0.2, -0.15) is 5.10 Å². The van der Waals surface area contributed by atoms with Crippen LogP contribution < -0.4 is 11.4 Å². The molecule has 0 aliphatic carbocycles. The van der Waals surface area contributed by atoms with Crippen LogP contribution in [0.15, 0.2) is 35.1 Å². The summed E-state index contributed by atoms with van der Waals surface area (Å²) >= 11 is 0. The van der Waals surface area contributed by atoms with Crippen molar-refractivity contribution in [2.75, 3.05) is 0 Å². The van der Waals surface area contributed by atoms with Gasteiger partial charge in [-0.05, 0) is 12.0 Å². The monoisotopic (exact) mass is 240 g/mol. The largest absolute Gasteiger partial charge is 0.340 e. The van der Waals surface area contributed by atoms with Crippen molar-refractivity contribution in [3.63, 3.8) is 0 Å². The molecule has 1 aromatic carbocycles. The van der Waals surface area contributed by atoms with Crippen LogP contribution in [0.3, 0.4) is 0 Å². The van der Waals surface area contributed by atoms with Gasteiger partial charge in [-0.15, -0.1) is 12.4 Å². The Morgan fingerprint density at radius 1 is 1.31 bits per heavy atom. The van der Waals surface area contributed by atoms with Gasteiger partial charge in [0.1, 0.15) is 5.82 Å². The van der Waals surface area contributed by atoms with Crippen molar-refractivity contribution in [3.05, 3.63) is 52.2 Å². The lowest BCUT2D eigenvalue weighted by molar-refractivity contribution is 0.671. The van der Waals surface area contributed by atoms with E-state index in [1.54, 1.807) is 0 Å². The Balaban J connectivity index is 0.00000128. The van der Waals surface area contributed by atoms with Crippen LogP contribution in [0.25, 0.3) is 0 Å². The molecule has 0 amide bonds. The zero-order valence-corrected chi connectivity index (χ0v) is 9.33. The minimum absolute atomic E-state index is 0. The maximum Gasteiger partial charge on any atom is 0.340 e. The van der Waals surface area contributed by atoms with E-state index in [0.717, 1.165) is 5.56 Å². The molecule has 0 aliphatic rings. The molecule has 2 rings (SSSR count). The second-order valence-electron chi connectivity index (χ2n) is 3.36. The Morgan fingerprint density at radius 3 is 2.56 bits per heavy atom. The van der Waals surface area contributed by atoms with Crippen molar-refractivity contribution in [2.24, 2.45) is 5.73 Å². The number of hydrogen-bond donors (Lipinski definition) is 3. The van der Waals surface area contributed by atoms with Gasteiger partial charge in [0, 0.05) is 0 Å². The predicted octanol–water partition coefficient (Wildman–Crippen LogP) is 0.762. The third kappa shape index (κ3) is 2.95. The summed E-state index contributed by atoms with van der Waals surface area (Å²) in [5.74, 6) is 0.490. The summed E-state index contributed by atoms with van der Waals surface area (Å²) in [5, 5.41) is 6.09. The second kappa shape index (κ2) is 5.48. The van der Waals surface area contributed by atoms with E-state index in [0.29, 0.717) is 12.2 Å². The fraction of sp³-hybridized carbons (Fsp3) is 0.200. The van der Waals surface area contributed by atoms with Gasteiger partial charge in [-0.25, -0.2) is 9.89 Å². The molecule has 1 heterocycles. The summed E-state index contributed by atoms with van der Waals surface area (Å²) in [4.78, 5) is 13.4. The molecule has 5 nitrogen and oxygen atoms in total. The topological polar surface area (TPSA) is 87.6 Å². The lowest BCUT2D eigenvalue weighted by atomic mass is 10.1. The fourth-order valence-corrected chi connectivity index (χ4v) is 1.42. The Labute approximate surface area is 98.5 Å². The molecular formula is C10H13ClN4O. The molecule has 0 bridgehead atoms. The molecule has 0 saturated heterocycles. The van der Waals surface area contributed by atoms with Crippen LogP contribution in [0.2, 0.25) is 0 Å². The molecule has 0 fully saturated rings. The summed E-state index contributed by atoms with van der Waals surface area (Å²) in [6.07, 6.45) is 0.654. The quantitative estimate of drug-likeness (QED) is 0.740. The third-order valence-electron chi connectivity index (χ3n) is 2.17. The number of rotatable bonds is 3. The van der Waals surface area contributed by atoms with E-state index < -0.39 is 0 Å². The molecule has 0 spiro atoms. The molecule has 0 aliphatic heterocycles. The maximum absolute atomic E-state index is 10.8. The molecule has 6 heteroatoms. The van der Waals surface area contributed by atoms with Crippen LogP contribution in [-0.2, 0) is 6.42 Å². The van der Waals surface area contributed by atoms with Crippen molar-refractivity contribution in [2.45, 2.75) is 12.5 Å². The normalized spacial score (nSPS) is 11.8. The highest BCUT2D eigenvalue weighted by Crippen LogP contribution is 2.10. The minimum atomic E-state index is -0.325. The van der Waals surface area contributed by atoms with Crippen molar-refractivity contribution < 1.29 is 0 Å². The van der Waals surface area contributed by atoms with Crippen molar-refractivity contribution >= 4 is 12.4 Å². The van der Waals surface area contributed by atoms with Crippen molar-refractivity contribution in [1.29, 1.82) is 0 Å². The number of halogens is 1. The number of benzene rings is 1. The summed E-state index contributed by atoms with van der Waals surface area (Å²) in [6, 6.07) is 9.55. The van der Waals surface area contributed by atoms with Gasteiger partial charge in [0.2, 0.25) is 0 Å². The molecule has 86 valence electrons. The van der Waals surface area contributed by atoms with E-state index in [9.17, 15) is 4.79 Å². The summed E-state index contributed by atoms with van der Waals surface area (Å²) in [7, 11) is 0. The highest BCUT2D eigenvalue weighted by molar-refractivity contribution is 5.85. The highest BCUT2D eigenvalue weighted by atomic mass is 35.5. The molecule has 1 unspecified atom stereocenters. The molecule has 0 radical (unpaired) electrons. The first kappa shape index (κ1) is 12.5. The molecule has 0 saturated carbocycles. The van der Waals surface area contributed by atoms with Gasteiger partial charge in [0.15, 0.2) is 0 Å². The number of H-pyrrole nitrogens is 2. The van der Waals surface area contributed by atoms with E-state index in [1.807, 2.05) is 30.3 Å². The number of nitrogens with two attached hydrogens (primary N) is 1. The first-order valence-electron chi connectivity index (χ1n) is 4.70. The number of aromatic amines is 2. The van der Waals surface area contributed by atoms with Crippen molar-refractivity contribution in [3.8, 4) is 0 Å². The van der Waals surface area contributed by atoms with Crippen LogP contribution in [0.1, 0.15) is 17.4 Å². The SMILES string of the molecule is Cl.NC(Cc1ccccc1)c1n[nH]c(=O)[nH]1. The van der Waals surface area contributed by atoms with Crippen LogP contribution in [0.5, 0.6) is 0 Å². The van der Waals surface area contributed by atoms with Crippen LogP contribution in [0, 0.1) is 0 Å². The Kier molecular flexibility index (Phi) is 4.28. The first-order chi connectivity index (χ1) is 7.25. The molecule has 1 atom stereocenters. The zero-order valence-electron chi connectivity index (χ0n) is 8.51. The second-order valence-corrected chi connectivity index (χ2v) is 3.36. The lowest BCUT2D eigenvalue weighted by Crippen LogP contribution is -2.15. The zero-order chi connectivity index (χ0) is 10.7. The summed E-state index contributed by atoms with van der Waals surface area (Å²) < 4.78 is 0. The minimum Gasteiger partial charge on any atom is -0.321 e. The average Bonchev–Trinajstić information content (AvgIpc) is 2.66. The van der Waals surface area contributed by atoms with E-state index >= 15 is 0 Å². The average molecular weight is 241 g/mol. The van der Waals surface area contributed by atoms with E-state index in [2.05, 4.69) is 15.2 Å². The van der Waals surface area contributed by atoms with Gasteiger partial charge in [-0.3, -0.25) is 4.98 Å². The van der Waals surface area contributed by atoms with Crippen molar-refractivity contribution in [1.82, 2.24) is 15.2 Å². The Bertz CT molecular complexity index is 479. The maximum atomic E-state index is 10.8. The summed E-state index contributed by atoms with van der Waals surface area (Å²) in [5.41, 5.74) is 6.68. The molecule has 2 aromatic rings. The van der Waals surface area contributed by atoms with Crippen LogP contribution in [0.4, 0.5) is 0 Å². The number of aromatic nitrogens is 3. The summed E-state index contributed by atoms with van der Waals surface area (Å²) in [6.45, 7) is 0. The van der Waals surface area contributed by atoms with Gasteiger partial charge in [-0.1, -0.05) is 30.3 Å². The smallest absolute Gasteiger partial charge is 0.321 e. The van der Waals surface area contributed by atoms with Gasteiger partial charge >= 0.3 is 5.69 Å². The third-order valence-corrected chi connectivity index (χ3v) is 2.17. The molecule has 1 aromatic heterocycles. The van der Waals surface area contributed by atoms with Gasteiger partial charge in [0.05, 0.1) is 6.04 Å². The van der Waals surface area contributed by atoms with E-state index in [-0.39, 0.29) is 24.1 Å². The Hall–Kier alpha value is -1.59. The molecule has 4 N–H and O–H groups in total. The van der Waals surface area contributed by atoms with Gasteiger partial charge in [0.25, 0.3) is 0 Å². The number of hydrogen-bond acceptors (Lipinski definition) is 3. The van der Waals surface area contributed by atoms with E-state index in [4.69, 9.17) is 5.73 Å². The standard InChI is InChI=1S/C10H12N4O.ClH/c11-8(9-12-10(15)14-13-9)6-7-4-2-1-3-5-7;/h1-5,8H,6,11H2,(H2,12,13,14,15);1H.